The Morgan fingerprint density at radius 1 is 0.971 bits per heavy atom. The molecule has 6 heterocycles. The zero-order valence-corrected chi connectivity index (χ0v) is 19.6. The molecule has 2 atom stereocenters. The van der Waals surface area contributed by atoms with Gasteiger partial charge in [-0.2, -0.15) is 5.10 Å². The number of ether oxygens (including phenoxy) is 1. The molecule has 7 rings (SSSR count). The lowest BCUT2D eigenvalue weighted by atomic mass is 9.92. The molecule has 0 N–H and O–H groups in total. The Balaban J connectivity index is 1.28. The maximum Gasteiger partial charge on any atom is 0.182 e. The van der Waals surface area contributed by atoms with Gasteiger partial charge in [-0.15, -0.1) is 0 Å². The number of imidazole rings is 1. The van der Waals surface area contributed by atoms with E-state index in [0.29, 0.717) is 18.3 Å². The van der Waals surface area contributed by atoms with Crippen molar-refractivity contribution in [2.24, 2.45) is 0 Å². The van der Waals surface area contributed by atoms with Crippen LogP contribution >= 0.6 is 0 Å². The highest BCUT2D eigenvalue weighted by atomic mass is 16.5. The lowest BCUT2D eigenvalue weighted by Crippen LogP contribution is -2.20. The SMILES string of the molecule is Cc1nc2nc([C@@H]3CCO[C@@H](c4cnn(C5CC5)c4)C3)nc(-c3cn4c(n3)CCC4)c2nc1C. The van der Waals surface area contributed by atoms with Crippen LogP contribution in [0.1, 0.15) is 78.8 Å². The number of rotatable bonds is 4. The Labute approximate surface area is 197 Å². The van der Waals surface area contributed by atoms with Crippen molar-refractivity contribution in [2.75, 3.05) is 6.61 Å². The lowest BCUT2D eigenvalue weighted by molar-refractivity contribution is 0.00396. The molecule has 0 bridgehead atoms. The first-order chi connectivity index (χ1) is 16.6. The minimum Gasteiger partial charge on any atom is -0.373 e. The molecule has 9 heteroatoms. The summed E-state index contributed by atoms with van der Waals surface area (Å²) in [4.78, 5) is 24.5. The van der Waals surface area contributed by atoms with Crippen LogP contribution in [0.25, 0.3) is 22.6 Å². The second kappa shape index (κ2) is 7.66. The molecular weight excluding hydrogens is 428 g/mol. The molecule has 0 aromatic carbocycles. The van der Waals surface area contributed by atoms with E-state index in [2.05, 4.69) is 26.7 Å². The van der Waals surface area contributed by atoms with Gasteiger partial charge in [-0.25, -0.2) is 24.9 Å². The zero-order chi connectivity index (χ0) is 22.8. The van der Waals surface area contributed by atoms with Gasteiger partial charge in [0.05, 0.1) is 29.7 Å². The van der Waals surface area contributed by atoms with Crippen molar-refractivity contribution in [1.82, 2.24) is 39.3 Å². The van der Waals surface area contributed by atoms with Crippen LogP contribution in [0.5, 0.6) is 0 Å². The van der Waals surface area contributed by atoms with Crippen LogP contribution in [0.2, 0.25) is 0 Å². The van der Waals surface area contributed by atoms with Crippen molar-refractivity contribution < 1.29 is 4.74 Å². The molecule has 4 aromatic rings. The topological polar surface area (TPSA) is 96.4 Å². The Morgan fingerprint density at radius 2 is 1.85 bits per heavy atom. The molecule has 1 aliphatic carbocycles. The fourth-order valence-corrected chi connectivity index (χ4v) is 5.18. The minimum atomic E-state index is 0.0104. The number of nitrogens with zero attached hydrogens (tertiary/aromatic N) is 8. The van der Waals surface area contributed by atoms with Crippen LogP contribution in [0.15, 0.2) is 18.6 Å². The monoisotopic (exact) mass is 456 g/mol. The van der Waals surface area contributed by atoms with Crippen LogP contribution in [-0.4, -0.2) is 45.9 Å². The van der Waals surface area contributed by atoms with E-state index in [-0.39, 0.29) is 12.0 Å². The quantitative estimate of drug-likeness (QED) is 0.458. The van der Waals surface area contributed by atoms with Crippen molar-refractivity contribution in [2.45, 2.75) is 77.0 Å². The molecule has 34 heavy (non-hydrogen) atoms. The molecule has 4 aromatic heterocycles. The van der Waals surface area contributed by atoms with E-state index < -0.39 is 0 Å². The van der Waals surface area contributed by atoms with E-state index in [0.717, 1.165) is 77.7 Å². The molecule has 1 saturated heterocycles. The molecule has 1 saturated carbocycles. The van der Waals surface area contributed by atoms with Crippen molar-refractivity contribution in [1.29, 1.82) is 0 Å². The summed E-state index contributed by atoms with van der Waals surface area (Å²) in [6, 6.07) is 0.571. The van der Waals surface area contributed by atoms with Gasteiger partial charge >= 0.3 is 0 Å². The summed E-state index contributed by atoms with van der Waals surface area (Å²) in [7, 11) is 0. The third kappa shape index (κ3) is 3.41. The second-order valence-electron chi connectivity index (χ2n) is 9.90. The van der Waals surface area contributed by atoms with Gasteiger partial charge in [-0.3, -0.25) is 4.68 Å². The molecule has 174 valence electrons. The Morgan fingerprint density at radius 3 is 2.71 bits per heavy atom. The lowest BCUT2D eigenvalue weighted by Gasteiger charge is -2.28. The summed E-state index contributed by atoms with van der Waals surface area (Å²) >= 11 is 0. The van der Waals surface area contributed by atoms with Crippen molar-refractivity contribution >= 4 is 11.2 Å². The van der Waals surface area contributed by atoms with Gasteiger partial charge in [-0.1, -0.05) is 0 Å². The van der Waals surface area contributed by atoms with Crippen LogP contribution in [0, 0.1) is 13.8 Å². The largest absolute Gasteiger partial charge is 0.373 e. The Hall–Kier alpha value is -3.20. The average molecular weight is 457 g/mol. The van der Waals surface area contributed by atoms with E-state index in [4.69, 9.17) is 29.7 Å². The first-order valence-electron chi connectivity index (χ1n) is 12.4. The Bertz CT molecular complexity index is 1380. The smallest absolute Gasteiger partial charge is 0.182 e. The predicted molar refractivity (Wildman–Crippen MR) is 125 cm³/mol. The van der Waals surface area contributed by atoms with E-state index in [9.17, 15) is 0 Å². The summed E-state index contributed by atoms with van der Waals surface area (Å²) in [5.41, 5.74) is 5.99. The summed E-state index contributed by atoms with van der Waals surface area (Å²) in [5.74, 6) is 2.12. The highest BCUT2D eigenvalue weighted by Gasteiger charge is 2.31. The van der Waals surface area contributed by atoms with Crippen molar-refractivity contribution in [3.05, 3.63) is 47.2 Å². The van der Waals surface area contributed by atoms with Crippen LogP contribution in [0.4, 0.5) is 0 Å². The average Bonchev–Trinajstić information content (AvgIpc) is 3.22. The first-order valence-corrected chi connectivity index (χ1v) is 12.4. The summed E-state index contributed by atoms with van der Waals surface area (Å²) in [6.07, 6.45) is 12.6. The van der Waals surface area contributed by atoms with Gasteiger partial charge in [0.1, 0.15) is 28.6 Å². The summed E-state index contributed by atoms with van der Waals surface area (Å²) < 4.78 is 10.5. The fraction of sp³-hybridized carbons (Fsp3) is 0.520. The Kier molecular flexibility index (Phi) is 4.55. The summed E-state index contributed by atoms with van der Waals surface area (Å²) in [5, 5.41) is 4.56. The van der Waals surface area contributed by atoms with Gasteiger partial charge in [0, 0.05) is 43.4 Å². The fourth-order valence-electron chi connectivity index (χ4n) is 5.18. The van der Waals surface area contributed by atoms with E-state index in [1.165, 1.54) is 12.8 Å². The third-order valence-electron chi connectivity index (χ3n) is 7.42. The second-order valence-corrected chi connectivity index (χ2v) is 9.90. The van der Waals surface area contributed by atoms with Gasteiger partial charge < -0.3 is 9.30 Å². The van der Waals surface area contributed by atoms with Gasteiger partial charge in [0.25, 0.3) is 0 Å². The molecule has 2 aliphatic heterocycles. The maximum absolute atomic E-state index is 6.16. The van der Waals surface area contributed by atoms with E-state index in [1.807, 2.05) is 20.0 Å². The number of hydrogen-bond donors (Lipinski definition) is 0. The van der Waals surface area contributed by atoms with Crippen LogP contribution in [0.3, 0.4) is 0 Å². The number of aromatic nitrogens is 8. The molecule has 2 fully saturated rings. The molecular formula is C25H28N8O. The van der Waals surface area contributed by atoms with E-state index >= 15 is 0 Å². The highest BCUT2D eigenvalue weighted by Crippen LogP contribution is 2.39. The number of fused-ring (bicyclic) bond motifs is 2. The molecule has 3 aliphatic rings. The van der Waals surface area contributed by atoms with Crippen LogP contribution < -0.4 is 0 Å². The summed E-state index contributed by atoms with van der Waals surface area (Å²) in [6.45, 7) is 5.66. The third-order valence-corrected chi connectivity index (χ3v) is 7.42. The van der Waals surface area contributed by atoms with Gasteiger partial charge in [0.2, 0.25) is 0 Å². The van der Waals surface area contributed by atoms with Crippen molar-refractivity contribution in [3.63, 3.8) is 0 Å². The van der Waals surface area contributed by atoms with Gasteiger partial charge in [-0.05, 0) is 46.0 Å². The predicted octanol–water partition coefficient (Wildman–Crippen LogP) is 4.01. The van der Waals surface area contributed by atoms with Gasteiger partial charge in [0.15, 0.2) is 5.65 Å². The van der Waals surface area contributed by atoms with Crippen molar-refractivity contribution in [3.8, 4) is 11.4 Å². The van der Waals surface area contributed by atoms with Crippen LogP contribution in [-0.2, 0) is 17.7 Å². The first kappa shape index (κ1) is 20.2. The molecule has 0 amide bonds. The van der Waals surface area contributed by atoms with E-state index in [1.54, 1.807) is 0 Å². The normalized spacial score (nSPS) is 22.4. The molecule has 0 unspecified atom stereocenters. The zero-order valence-electron chi connectivity index (χ0n) is 19.6. The number of aryl methyl sites for hydroxylation is 4. The highest BCUT2D eigenvalue weighted by molar-refractivity contribution is 5.85. The molecule has 9 nitrogen and oxygen atoms in total. The molecule has 0 radical (unpaired) electrons. The minimum absolute atomic E-state index is 0.0104. The standard InChI is InChI=1S/C25H28N8O/c1-14-15(2)28-25-23(27-14)22(19-13-32-8-3-4-21(32)29-19)30-24(31-25)16-7-9-34-20(10-16)17-11-26-33(12-17)18-5-6-18/h11-13,16,18,20H,3-10H2,1-2H3/t16-,20-/m1/s1. The molecule has 0 spiro atoms. The maximum atomic E-state index is 6.16. The number of hydrogen-bond acceptors (Lipinski definition) is 7.